The Balaban J connectivity index is 1.82. The van der Waals surface area contributed by atoms with Crippen LogP contribution in [-0.2, 0) is 17.8 Å². The predicted molar refractivity (Wildman–Crippen MR) is 100 cm³/mol. The minimum absolute atomic E-state index is 0.0546. The summed E-state index contributed by atoms with van der Waals surface area (Å²) >= 11 is 0. The molecule has 1 amide bonds. The van der Waals surface area contributed by atoms with Crippen molar-refractivity contribution in [2.24, 2.45) is 0 Å². The van der Waals surface area contributed by atoms with Crippen molar-refractivity contribution >= 4 is 5.91 Å². The fourth-order valence-electron chi connectivity index (χ4n) is 3.76. The number of aryl methyl sites for hydroxylation is 1. The van der Waals surface area contributed by atoms with Crippen molar-refractivity contribution in [2.75, 3.05) is 6.54 Å². The maximum Gasteiger partial charge on any atom is 0.217 e. The number of amides is 1. The lowest BCUT2D eigenvalue weighted by molar-refractivity contribution is -0.120. The maximum absolute atomic E-state index is 11.7. The lowest BCUT2D eigenvalue weighted by Crippen LogP contribution is -2.55. The lowest BCUT2D eigenvalue weighted by Gasteiger charge is -2.41. The zero-order chi connectivity index (χ0) is 17.6. The Hall–Kier alpha value is -2.20. The molecule has 1 fully saturated rings. The van der Waals surface area contributed by atoms with Gasteiger partial charge in [-0.15, -0.1) is 0 Å². The summed E-state index contributed by atoms with van der Waals surface area (Å²) < 4.78 is 0. The first-order valence-electron chi connectivity index (χ1n) is 9.09. The molecule has 0 unspecified atom stereocenters. The second-order valence-corrected chi connectivity index (χ2v) is 6.94. The molecule has 2 heterocycles. The Morgan fingerprint density at radius 1 is 1.24 bits per heavy atom. The second-order valence-electron chi connectivity index (χ2n) is 6.94. The highest BCUT2D eigenvalue weighted by Crippen LogP contribution is 2.24. The molecule has 1 aromatic carbocycles. The van der Waals surface area contributed by atoms with Crippen molar-refractivity contribution in [3.63, 3.8) is 0 Å². The van der Waals surface area contributed by atoms with Gasteiger partial charge in [0.15, 0.2) is 0 Å². The molecule has 2 aromatic rings. The van der Waals surface area contributed by atoms with Gasteiger partial charge in [0.25, 0.3) is 0 Å². The van der Waals surface area contributed by atoms with E-state index in [0.29, 0.717) is 6.04 Å². The number of carbonyl (C=O) groups excluding carboxylic acids is 1. The van der Waals surface area contributed by atoms with E-state index in [9.17, 15) is 4.79 Å². The van der Waals surface area contributed by atoms with Crippen molar-refractivity contribution in [2.45, 2.75) is 51.7 Å². The van der Waals surface area contributed by atoms with Crippen LogP contribution in [0.5, 0.6) is 0 Å². The van der Waals surface area contributed by atoms with Gasteiger partial charge in [-0.3, -0.25) is 14.7 Å². The molecule has 0 radical (unpaired) electrons. The fraction of sp³-hybridized carbons (Fsp3) is 0.429. The summed E-state index contributed by atoms with van der Waals surface area (Å²) in [7, 11) is 0. The third-order valence-electron chi connectivity index (χ3n) is 5.04. The molecule has 1 aromatic heterocycles. The summed E-state index contributed by atoms with van der Waals surface area (Å²) in [5, 5.41) is 3.18. The number of hydrogen-bond acceptors (Lipinski definition) is 3. The topological polar surface area (TPSA) is 45.2 Å². The molecule has 132 valence electrons. The van der Waals surface area contributed by atoms with Gasteiger partial charge in [-0.1, -0.05) is 36.4 Å². The smallest absolute Gasteiger partial charge is 0.217 e. The van der Waals surface area contributed by atoms with Crippen molar-refractivity contribution in [3.05, 3.63) is 65.5 Å². The Kier molecular flexibility index (Phi) is 5.82. The quantitative estimate of drug-likeness (QED) is 0.912. The first kappa shape index (κ1) is 17.6. The van der Waals surface area contributed by atoms with E-state index >= 15 is 0 Å². The summed E-state index contributed by atoms with van der Waals surface area (Å²) in [5.41, 5.74) is 3.67. The van der Waals surface area contributed by atoms with Crippen LogP contribution in [0.3, 0.4) is 0 Å². The maximum atomic E-state index is 11.7. The van der Waals surface area contributed by atoms with Crippen LogP contribution in [0.4, 0.5) is 0 Å². The SMILES string of the molecule is CC(=O)N[C@H]1CCCN(Cc2ncccc2C)[C@H]1Cc1ccccc1. The molecule has 0 aliphatic carbocycles. The van der Waals surface area contributed by atoms with E-state index in [4.69, 9.17) is 0 Å². The molecule has 1 N–H and O–H groups in total. The Bertz CT molecular complexity index is 701. The highest BCUT2D eigenvalue weighted by Gasteiger charge is 2.32. The van der Waals surface area contributed by atoms with Crippen molar-refractivity contribution in [1.82, 2.24) is 15.2 Å². The van der Waals surface area contributed by atoms with Crippen LogP contribution in [0.1, 0.15) is 36.6 Å². The largest absolute Gasteiger partial charge is 0.352 e. The minimum Gasteiger partial charge on any atom is -0.352 e. The number of nitrogens with zero attached hydrogens (tertiary/aromatic N) is 2. The molecule has 0 spiro atoms. The van der Waals surface area contributed by atoms with E-state index in [-0.39, 0.29) is 11.9 Å². The highest BCUT2D eigenvalue weighted by atomic mass is 16.1. The second kappa shape index (κ2) is 8.26. The number of nitrogens with one attached hydrogen (secondary N) is 1. The number of pyridine rings is 1. The summed E-state index contributed by atoms with van der Waals surface area (Å²) in [5.74, 6) is 0.0546. The summed E-state index contributed by atoms with van der Waals surface area (Å²) in [6.07, 6.45) is 4.94. The van der Waals surface area contributed by atoms with Crippen LogP contribution in [0, 0.1) is 6.92 Å². The number of hydrogen-bond donors (Lipinski definition) is 1. The van der Waals surface area contributed by atoms with Crippen LogP contribution in [0.25, 0.3) is 0 Å². The Labute approximate surface area is 150 Å². The molecule has 25 heavy (non-hydrogen) atoms. The molecular weight excluding hydrogens is 310 g/mol. The first-order valence-corrected chi connectivity index (χ1v) is 9.09. The van der Waals surface area contributed by atoms with Gasteiger partial charge < -0.3 is 5.32 Å². The summed E-state index contributed by atoms with van der Waals surface area (Å²) in [6.45, 7) is 5.61. The zero-order valence-electron chi connectivity index (χ0n) is 15.1. The summed E-state index contributed by atoms with van der Waals surface area (Å²) in [4.78, 5) is 18.8. The van der Waals surface area contributed by atoms with Gasteiger partial charge in [0.1, 0.15) is 0 Å². The van der Waals surface area contributed by atoms with Crippen molar-refractivity contribution in [1.29, 1.82) is 0 Å². The van der Waals surface area contributed by atoms with Crippen LogP contribution < -0.4 is 5.32 Å². The predicted octanol–water partition coefficient (Wildman–Crippen LogP) is 3.10. The van der Waals surface area contributed by atoms with Gasteiger partial charge in [0, 0.05) is 31.7 Å². The molecule has 1 saturated heterocycles. The van der Waals surface area contributed by atoms with Crippen LogP contribution in [0.15, 0.2) is 48.7 Å². The van der Waals surface area contributed by atoms with Gasteiger partial charge in [-0.05, 0) is 49.9 Å². The molecule has 3 rings (SSSR count). The molecule has 0 bridgehead atoms. The monoisotopic (exact) mass is 337 g/mol. The Morgan fingerprint density at radius 3 is 2.76 bits per heavy atom. The highest BCUT2D eigenvalue weighted by molar-refractivity contribution is 5.73. The third-order valence-corrected chi connectivity index (χ3v) is 5.04. The lowest BCUT2D eigenvalue weighted by atomic mass is 9.90. The standard InChI is InChI=1S/C21H27N3O/c1-16-8-6-12-22-20(16)15-24-13-7-11-19(23-17(2)25)21(24)14-18-9-4-3-5-10-18/h3-6,8-10,12,19,21H,7,11,13-15H2,1-2H3,(H,23,25)/t19-,21-/m0/s1. The van der Waals surface area contributed by atoms with Gasteiger partial charge in [0.05, 0.1) is 5.69 Å². The van der Waals surface area contributed by atoms with Gasteiger partial charge in [-0.25, -0.2) is 0 Å². The van der Waals surface area contributed by atoms with Crippen LogP contribution in [0.2, 0.25) is 0 Å². The summed E-state index contributed by atoms with van der Waals surface area (Å²) in [6, 6.07) is 15.1. The zero-order valence-corrected chi connectivity index (χ0v) is 15.1. The number of piperidine rings is 1. The van der Waals surface area contributed by atoms with Crippen molar-refractivity contribution in [3.8, 4) is 0 Å². The number of aromatic nitrogens is 1. The first-order chi connectivity index (χ1) is 12.1. The molecule has 1 aliphatic heterocycles. The van der Waals surface area contributed by atoms with E-state index in [1.54, 1.807) is 6.92 Å². The molecule has 0 saturated carbocycles. The average Bonchev–Trinajstić information content (AvgIpc) is 2.60. The van der Waals surface area contributed by atoms with Crippen LogP contribution in [-0.4, -0.2) is 34.4 Å². The number of rotatable bonds is 5. The Morgan fingerprint density at radius 2 is 2.04 bits per heavy atom. The van der Waals surface area contributed by atoms with Gasteiger partial charge >= 0.3 is 0 Å². The minimum atomic E-state index is 0.0546. The van der Waals surface area contributed by atoms with Gasteiger partial charge in [0.2, 0.25) is 5.91 Å². The number of benzene rings is 1. The molecule has 1 aliphatic rings. The van der Waals surface area contributed by atoms with E-state index in [2.05, 4.69) is 52.5 Å². The van der Waals surface area contributed by atoms with Crippen LogP contribution >= 0.6 is 0 Å². The molecular formula is C21H27N3O. The fourth-order valence-corrected chi connectivity index (χ4v) is 3.76. The number of likely N-dealkylation sites (tertiary alicyclic amines) is 1. The van der Waals surface area contributed by atoms with Crippen molar-refractivity contribution < 1.29 is 4.79 Å². The molecule has 2 atom stereocenters. The molecule has 4 nitrogen and oxygen atoms in total. The van der Waals surface area contributed by atoms with Gasteiger partial charge in [-0.2, -0.15) is 0 Å². The van der Waals surface area contributed by atoms with E-state index in [0.717, 1.165) is 38.0 Å². The number of carbonyl (C=O) groups is 1. The van der Waals surface area contributed by atoms with E-state index in [1.165, 1.54) is 11.1 Å². The molecule has 4 heteroatoms. The average molecular weight is 337 g/mol. The third kappa shape index (κ3) is 4.67. The normalized spacial score (nSPS) is 21.0. The van der Waals surface area contributed by atoms with E-state index < -0.39 is 0 Å². The van der Waals surface area contributed by atoms with E-state index in [1.807, 2.05) is 18.3 Å².